The summed E-state index contributed by atoms with van der Waals surface area (Å²) in [6.45, 7) is 4.36. The molecular formula is C22H25NO3S. The van der Waals surface area contributed by atoms with Crippen molar-refractivity contribution in [3.63, 3.8) is 0 Å². The van der Waals surface area contributed by atoms with Crippen molar-refractivity contribution in [2.24, 2.45) is 0 Å². The molecule has 0 spiro atoms. The van der Waals surface area contributed by atoms with Crippen LogP contribution in [0.25, 0.3) is 10.8 Å². The van der Waals surface area contributed by atoms with Crippen LogP contribution in [0.3, 0.4) is 0 Å². The maximum Gasteiger partial charge on any atom is 0.243 e. The molecule has 0 radical (unpaired) electrons. The molecule has 0 aliphatic heterocycles. The molecule has 142 valence electrons. The first-order chi connectivity index (χ1) is 12.8. The summed E-state index contributed by atoms with van der Waals surface area (Å²) in [6, 6.07) is 19.0. The van der Waals surface area contributed by atoms with Gasteiger partial charge in [-0.15, -0.1) is 0 Å². The topological polar surface area (TPSA) is 46.6 Å². The largest absolute Gasteiger partial charge is 0.496 e. The Morgan fingerprint density at radius 2 is 1.70 bits per heavy atom. The molecule has 3 aromatic rings. The Balaban J connectivity index is 1.96. The summed E-state index contributed by atoms with van der Waals surface area (Å²) in [5.41, 5.74) is 1.87. The van der Waals surface area contributed by atoms with Crippen LogP contribution in [0.15, 0.2) is 65.6 Å². The molecule has 0 saturated carbocycles. The Morgan fingerprint density at radius 3 is 2.41 bits per heavy atom. The fourth-order valence-corrected chi connectivity index (χ4v) is 4.44. The number of benzene rings is 3. The van der Waals surface area contributed by atoms with Crippen molar-refractivity contribution in [2.45, 2.75) is 31.2 Å². The lowest BCUT2D eigenvalue weighted by molar-refractivity contribution is 0.407. The van der Waals surface area contributed by atoms with Crippen LogP contribution in [0.5, 0.6) is 5.75 Å². The van der Waals surface area contributed by atoms with Gasteiger partial charge in [-0.25, -0.2) is 8.42 Å². The number of hydrogen-bond acceptors (Lipinski definition) is 3. The maximum absolute atomic E-state index is 13.1. The van der Waals surface area contributed by atoms with Gasteiger partial charge in [-0.1, -0.05) is 56.3 Å². The van der Waals surface area contributed by atoms with E-state index in [1.54, 1.807) is 32.4 Å². The molecular weight excluding hydrogens is 358 g/mol. The van der Waals surface area contributed by atoms with Crippen molar-refractivity contribution in [1.82, 2.24) is 4.31 Å². The third-order valence-electron chi connectivity index (χ3n) is 4.80. The van der Waals surface area contributed by atoms with Crippen LogP contribution in [-0.2, 0) is 16.6 Å². The minimum absolute atomic E-state index is 0.165. The minimum atomic E-state index is -3.61. The maximum atomic E-state index is 13.1. The zero-order valence-electron chi connectivity index (χ0n) is 16.1. The second-order valence-corrected chi connectivity index (χ2v) is 9.00. The minimum Gasteiger partial charge on any atom is -0.496 e. The predicted octanol–water partition coefficient (Wildman–Crippen LogP) is 4.79. The van der Waals surface area contributed by atoms with E-state index in [-0.39, 0.29) is 10.8 Å². The average molecular weight is 384 g/mol. The monoisotopic (exact) mass is 383 g/mol. The second kappa shape index (κ2) is 7.71. The van der Waals surface area contributed by atoms with Gasteiger partial charge in [0.05, 0.1) is 12.0 Å². The van der Waals surface area contributed by atoms with Gasteiger partial charge in [0, 0.05) is 13.6 Å². The molecule has 0 atom stereocenters. The van der Waals surface area contributed by atoms with Crippen molar-refractivity contribution in [3.8, 4) is 5.75 Å². The highest BCUT2D eigenvalue weighted by Crippen LogP contribution is 2.30. The Kier molecular flexibility index (Phi) is 5.53. The third-order valence-corrected chi connectivity index (χ3v) is 6.60. The lowest BCUT2D eigenvalue weighted by atomic mass is 10.0. The van der Waals surface area contributed by atoms with Crippen molar-refractivity contribution >= 4 is 20.8 Å². The van der Waals surface area contributed by atoms with E-state index >= 15 is 0 Å². The van der Waals surface area contributed by atoms with E-state index in [1.165, 1.54) is 4.31 Å². The summed E-state index contributed by atoms with van der Waals surface area (Å²) in [4.78, 5) is 0.287. The first-order valence-electron chi connectivity index (χ1n) is 8.95. The molecule has 0 unspecified atom stereocenters. The van der Waals surface area contributed by atoms with Gasteiger partial charge in [0.1, 0.15) is 5.75 Å². The van der Waals surface area contributed by atoms with Crippen LogP contribution in [0.2, 0.25) is 0 Å². The van der Waals surface area contributed by atoms with Crippen LogP contribution in [0, 0.1) is 0 Å². The van der Waals surface area contributed by atoms with Gasteiger partial charge >= 0.3 is 0 Å². The normalized spacial score (nSPS) is 12.1. The Hall–Kier alpha value is -2.37. The number of fused-ring (bicyclic) bond motifs is 1. The van der Waals surface area contributed by atoms with Crippen LogP contribution >= 0.6 is 0 Å². The Labute approximate surface area is 161 Å². The summed E-state index contributed by atoms with van der Waals surface area (Å²) in [5, 5.41) is 2.17. The molecule has 0 aliphatic rings. The van der Waals surface area contributed by atoms with E-state index in [4.69, 9.17) is 4.74 Å². The molecule has 0 bridgehead atoms. The lowest BCUT2D eigenvalue weighted by Gasteiger charge is -2.20. The first-order valence-corrected chi connectivity index (χ1v) is 10.4. The zero-order chi connectivity index (χ0) is 19.6. The molecule has 0 fully saturated rings. The summed E-state index contributed by atoms with van der Waals surface area (Å²) in [6.07, 6.45) is 0. The Morgan fingerprint density at radius 1 is 1.00 bits per heavy atom. The van der Waals surface area contributed by atoms with E-state index < -0.39 is 10.0 Å². The number of hydrogen-bond donors (Lipinski definition) is 0. The summed E-state index contributed by atoms with van der Waals surface area (Å²) in [5.74, 6) is 0.874. The average Bonchev–Trinajstić information content (AvgIpc) is 2.67. The van der Waals surface area contributed by atoms with Crippen molar-refractivity contribution < 1.29 is 13.2 Å². The molecule has 0 N–H and O–H groups in total. The van der Waals surface area contributed by atoms with Gasteiger partial charge in [0.2, 0.25) is 10.0 Å². The smallest absolute Gasteiger partial charge is 0.243 e. The fourth-order valence-electron chi connectivity index (χ4n) is 3.26. The SMILES string of the molecule is COc1ccc(S(=O)(=O)N(C)Cc2cccc3ccccc23)cc1C(C)C. The first kappa shape index (κ1) is 19.4. The molecule has 27 heavy (non-hydrogen) atoms. The van der Waals surface area contributed by atoms with E-state index in [2.05, 4.69) is 0 Å². The Bertz CT molecular complexity index is 1050. The number of rotatable bonds is 6. The number of methoxy groups -OCH3 is 1. The van der Waals surface area contributed by atoms with Crippen LogP contribution in [-0.4, -0.2) is 26.9 Å². The summed E-state index contributed by atoms with van der Waals surface area (Å²) >= 11 is 0. The third kappa shape index (κ3) is 3.84. The van der Waals surface area contributed by atoms with Crippen LogP contribution in [0.4, 0.5) is 0 Å². The molecule has 0 saturated heterocycles. The van der Waals surface area contributed by atoms with E-state index in [9.17, 15) is 8.42 Å². The van der Waals surface area contributed by atoms with Crippen molar-refractivity contribution in [1.29, 1.82) is 0 Å². The molecule has 3 aromatic carbocycles. The van der Waals surface area contributed by atoms with E-state index in [0.717, 1.165) is 21.9 Å². The van der Waals surface area contributed by atoms with Gasteiger partial charge < -0.3 is 4.74 Å². The molecule has 0 heterocycles. The van der Waals surface area contributed by atoms with Gasteiger partial charge in [0.25, 0.3) is 0 Å². The molecule has 5 heteroatoms. The molecule has 0 amide bonds. The van der Waals surface area contributed by atoms with Gasteiger partial charge in [0.15, 0.2) is 0 Å². The number of ether oxygens (including phenoxy) is 1. The van der Waals surface area contributed by atoms with Crippen LogP contribution < -0.4 is 4.74 Å². The highest BCUT2D eigenvalue weighted by molar-refractivity contribution is 7.89. The second-order valence-electron chi connectivity index (χ2n) is 6.96. The summed E-state index contributed by atoms with van der Waals surface area (Å²) < 4.78 is 33.0. The molecule has 0 aromatic heterocycles. The van der Waals surface area contributed by atoms with Crippen molar-refractivity contribution in [2.75, 3.05) is 14.2 Å². The highest BCUT2D eigenvalue weighted by atomic mass is 32.2. The van der Waals surface area contributed by atoms with E-state index in [1.807, 2.05) is 56.3 Å². The van der Waals surface area contributed by atoms with E-state index in [0.29, 0.717) is 12.3 Å². The van der Waals surface area contributed by atoms with Crippen LogP contribution in [0.1, 0.15) is 30.9 Å². The number of sulfonamides is 1. The number of nitrogens with zero attached hydrogens (tertiary/aromatic N) is 1. The fraction of sp³-hybridized carbons (Fsp3) is 0.273. The zero-order valence-corrected chi connectivity index (χ0v) is 17.0. The molecule has 4 nitrogen and oxygen atoms in total. The van der Waals surface area contributed by atoms with Gasteiger partial charge in [-0.3, -0.25) is 0 Å². The molecule has 0 aliphatic carbocycles. The highest BCUT2D eigenvalue weighted by Gasteiger charge is 2.23. The predicted molar refractivity (Wildman–Crippen MR) is 110 cm³/mol. The quantitative estimate of drug-likeness (QED) is 0.615. The summed E-state index contributed by atoms with van der Waals surface area (Å²) in [7, 11) is -0.388. The van der Waals surface area contributed by atoms with Gasteiger partial charge in [-0.05, 0) is 46.0 Å². The van der Waals surface area contributed by atoms with Gasteiger partial charge in [-0.2, -0.15) is 4.31 Å². The molecule has 3 rings (SSSR count). The van der Waals surface area contributed by atoms with Crippen molar-refractivity contribution in [3.05, 3.63) is 71.8 Å². The standard InChI is InChI=1S/C22H25NO3S/c1-16(2)21-14-19(12-13-22(21)26-4)27(24,25)23(3)15-18-10-7-9-17-8-5-6-11-20(17)18/h5-14,16H,15H2,1-4H3. The lowest BCUT2D eigenvalue weighted by Crippen LogP contribution is -2.26.